The number of phenols is 1. The number of nitrogens with zero attached hydrogens (tertiary/aromatic N) is 2. The summed E-state index contributed by atoms with van der Waals surface area (Å²) in [5, 5.41) is 10.9. The Kier molecular flexibility index (Phi) is 5.60. The number of pyridine rings is 1. The largest absolute Gasteiger partial charge is 0.508 e. The van der Waals surface area contributed by atoms with Crippen LogP contribution < -0.4 is 0 Å². The minimum Gasteiger partial charge on any atom is -0.508 e. The minimum absolute atomic E-state index is 0.0433. The maximum atomic E-state index is 9.91. The molecule has 3 unspecified atom stereocenters. The van der Waals surface area contributed by atoms with E-state index in [1.807, 2.05) is 18.3 Å². The van der Waals surface area contributed by atoms with Gasteiger partial charge in [0.2, 0.25) is 0 Å². The Balaban J connectivity index is 1.91. The van der Waals surface area contributed by atoms with E-state index in [1.165, 1.54) is 12.8 Å². The summed E-state index contributed by atoms with van der Waals surface area (Å²) in [6.45, 7) is 9.18. The summed E-state index contributed by atoms with van der Waals surface area (Å²) >= 11 is 0. The van der Waals surface area contributed by atoms with E-state index >= 15 is 0 Å². The quantitative estimate of drug-likeness (QED) is 0.875. The van der Waals surface area contributed by atoms with Crippen molar-refractivity contribution in [1.82, 2.24) is 9.88 Å². The van der Waals surface area contributed by atoms with Crippen LogP contribution >= 0.6 is 0 Å². The number of likely N-dealkylation sites (tertiary alicyclic amines) is 1. The zero-order valence-electron chi connectivity index (χ0n) is 15.8. The summed E-state index contributed by atoms with van der Waals surface area (Å²) in [6, 6.07) is 7.64. The van der Waals surface area contributed by atoms with Gasteiger partial charge in [-0.2, -0.15) is 0 Å². The Labute approximate surface area is 150 Å². The standard InChI is InChI=1S/C21H30N2O2/c1-5-16-13-23(11-9-14(16)2)15(3)21(25-4)18-8-10-22-20-7-6-17(24)12-19(18)20/h6-8,10,12,14-16,21,24H,5,9,11,13H2,1-4H3/t14?,15?,16?,21-/m1/s1. The fourth-order valence-electron chi connectivity index (χ4n) is 4.26. The fourth-order valence-corrected chi connectivity index (χ4v) is 4.26. The van der Waals surface area contributed by atoms with Gasteiger partial charge in [0.05, 0.1) is 11.6 Å². The molecule has 4 atom stereocenters. The lowest BCUT2D eigenvalue weighted by molar-refractivity contribution is -0.00583. The molecule has 0 radical (unpaired) electrons. The lowest BCUT2D eigenvalue weighted by Crippen LogP contribution is -2.46. The highest BCUT2D eigenvalue weighted by Gasteiger charge is 2.32. The number of benzene rings is 1. The van der Waals surface area contributed by atoms with Crippen molar-refractivity contribution in [3.63, 3.8) is 0 Å². The SMILES string of the molecule is CCC1CN(C(C)[C@@H](OC)c2ccnc3ccc(O)cc23)CCC1C. The number of rotatable bonds is 5. The third kappa shape index (κ3) is 3.65. The molecule has 1 aliphatic heterocycles. The van der Waals surface area contributed by atoms with Crippen LogP contribution in [0.5, 0.6) is 5.75 Å². The van der Waals surface area contributed by atoms with Gasteiger partial charge in [-0.3, -0.25) is 9.88 Å². The first kappa shape index (κ1) is 18.2. The predicted octanol–water partition coefficient (Wildman–Crippen LogP) is 4.38. The van der Waals surface area contributed by atoms with Crippen LogP contribution in [-0.2, 0) is 4.74 Å². The van der Waals surface area contributed by atoms with E-state index in [9.17, 15) is 5.11 Å². The first-order chi connectivity index (χ1) is 12.0. The second-order valence-corrected chi connectivity index (χ2v) is 7.43. The molecule has 3 rings (SSSR count). The van der Waals surface area contributed by atoms with Gasteiger partial charge in [0, 0.05) is 31.3 Å². The van der Waals surface area contributed by atoms with Crippen LogP contribution in [0.25, 0.3) is 10.9 Å². The summed E-state index contributed by atoms with van der Waals surface area (Å²) in [6.07, 6.45) is 4.27. The molecule has 2 aromatic rings. The third-order valence-corrected chi connectivity index (χ3v) is 6.00. The average Bonchev–Trinajstić information content (AvgIpc) is 2.63. The molecule has 25 heavy (non-hydrogen) atoms. The summed E-state index contributed by atoms with van der Waals surface area (Å²) in [5.41, 5.74) is 1.99. The van der Waals surface area contributed by atoms with Crippen molar-refractivity contribution in [3.05, 3.63) is 36.0 Å². The average molecular weight is 342 g/mol. The number of hydrogen-bond donors (Lipinski definition) is 1. The van der Waals surface area contributed by atoms with Crippen molar-refractivity contribution in [3.8, 4) is 5.75 Å². The molecule has 0 bridgehead atoms. The van der Waals surface area contributed by atoms with Crippen LogP contribution in [0.2, 0.25) is 0 Å². The van der Waals surface area contributed by atoms with Crippen molar-refractivity contribution < 1.29 is 9.84 Å². The van der Waals surface area contributed by atoms with E-state index in [-0.39, 0.29) is 17.9 Å². The van der Waals surface area contributed by atoms with E-state index in [4.69, 9.17) is 4.74 Å². The van der Waals surface area contributed by atoms with Gasteiger partial charge in [0.25, 0.3) is 0 Å². The molecule has 1 aromatic heterocycles. The van der Waals surface area contributed by atoms with E-state index < -0.39 is 0 Å². The highest BCUT2D eigenvalue weighted by Crippen LogP contribution is 2.34. The van der Waals surface area contributed by atoms with Crippen molar-refractivity contribution in [1.29, 1.82) is 0 Å². The molecule has 1 saturated heterocycles. The maximum Gasteiger partial charge on any atom is 0.116 e. The molecule has 0 aliphatic carbocycles. The van der Waals surface area contributed by atoms with Gasteiger partial charge in [0.1, 0.15) is 5.75 Å². The van der Waals surface area contributed by atoms with Crippen LogP contribution in [0.3, 0.4) is 0 Å². The monoisotopic (exact) mass is 342 g/mol. The second-order valence-electron chi connectivity index (χ2n) is 7.43. The molecule has 1 fully saturated rings. The molecule has 1 aliphatic rings. The topological polar surface area (TPSA) is 45.6 Å². The predicted molar refractivity (Wildman–Crippen MR) is 102 cm³/mol. The molecule has 2 heterocycles. The molecule has 0 spiro atoms. The summed E-state index contributed by atoms with van der Waals surface area (Å²) in [5.74, 6) is 1.82. The number of hydrogen-bond acceptors (Lipinski definition) is 4. The Bertz CT molecular complexity index is 718. The Morgan fingerprint density at radius 1 is 1.36 bits per heavy atom. The molecule has 1 N–H and O–H groups in total. The van der Waals surface area contributed by atoms with Gasteiger partial charge in [0.15, 0.2) is 0 Å². The minimum atomic E-state index is -0.0433. The summed E-state index contributed by atoms with van der Waals surface area (Å²) < 4.78 is 5.94. The van der Waals surface area contributed by atoms with Crippen molar-refractivity contribution in [2.24, 2.45) is 11.8 Å². The Hall–Kier alpha value is -1.65. The van der Waals surface area contributed by atoms with Gasteiger partial charge in [-0.25, -0.2) is 0 Å². The number of fused-ring (bicyclic) bond motifs is 1. The molecule has 0 saturated carbocycles. The van der Waals surface area contributed by atoms with E-state index in [0.717, 1.165) is 41.4 Å². The van der Waals surface area contributed by atoms with Gasteiger partial charge in [-0.15, -0.1) is 0 Å². The zero-order chi connectivity index (χ0) is 18.0. The normalized spacial score (nSPS) is 24.3. The first-order valence-corrected chi connectivity index (χ1v) is 9.39. The first-order valence-electron chi connectivity index (χ1n) is 9.39. The Morgan fingerprint density at radius 3 is 2.88 bits per heavy atom. The van der Waals surface area contributed by atoms with Crippen LogP contribution in [-0.4, -0.2) is 41.2 Å². The van der Waals surface area contributed by atoms with Crippen LogP contribution in [0.4, 0.5) is 0 Å². The summed E-state index contributed by atoms with van der Waals surface area (Å²) in [7, 11) is 1.78. The molecule has 1 aromatic carbocycles. The lowest BCUT2D eigenvalue weighted by Gasteiger charge is -2.42. The molecular formula is C21H30N2O2. The highest BCUT2D eigenvalue weighted by molar-refractivity contribution is 5.83. The van der Waals surface area contributed by atoms with Gasteiger partial charge in [-0.1, -0.05) is 20.3 Å². The van der Waals surface area contributed by atoms with Gasteiger partial charge >= 0.3 is 0 Å². The molecule has 4 heteroatoms. The van der Waals surface area contributed by atoms with Crippen molar-refractivity contribution in [2.75, 3.05) is 20.2 Å². The number of aromatic hydroxyl groups is 1. The molecule has 136 valence electrons. The number of phenolic OH excluding ortho intramolecular Hbond substituents is 1. The fraction of sp³-hybridized carbons (Fsp3) is 0.571. The third-order valence-electron chi connectivity index (χ3n) is 6.00. The number of piperidine rings is 1. The number of aromatic nitrogens is 1. The van der Waals surface area contributed by atoms with Crippen LogP contribution in [0.1, 0.15) is 45.3 Å². The van der Waals surface area contributed by atoms with Crippen LogP contribution in [0, 0.1) is 11.8 Å². The van der Waals surface area contributed by atoms with Crippen molar-refractivity contribution >= 4 is 10.9 Å². The highest BCUT2D eigenvalue weighted by atomic mass is 16.5. The van der Waals surface area contributed by atoms with E-state index in [2.05, 4.69) is 30.7 Å². The van der Waals surface area contributed by atoms with Crippen LogP contribution in [0.15, 0.2) is 30.5 Å². The maximum absolute atomic E-state index is 9.91. The Morgan fingerprint density at radius 2 is 2.16 bits per heavy atom. The lowest BCUT2D eigenvalue weighted by atomic mass is 9.84. The zero-order valence-corrected chi connectivity index (χ0v) is 15.8. The number of methoxy groups -OCH3 is 1. The number of ether oxygens (including phenoxy) is 1. The van der Waals surface area contributed by atoms with E-state index in [1.54, 1.807) is 19.2 Å². The smallest absolute Gasteiger partial charge is 0.116 e. The molecule has 0 amide bonds. The second kappa shape index (κ2) is 7.71. The summed E-state index contributed by atoms with van der Waals surface area (Å²) in [4.78, 5) is 6.99. The van der Waals surface area contributed by atoms with Crippen molar-refractivity contribution in [2.45, 2.75) is 45.8 Å². The van der Waals surface area contributed by atoms with Gasteiger partial charge < -0.3 is 9.84 Å². The van der Waals surface area contributed by atoms with E-state index in [0.29, 0.717) is 0 Å². The molecular weight excluding hydrogens is 312 g/mol. The van der Waals surface area contributed by atoms with Gasteiger partial charge in [-0.05, 0) is 61.6 Å². The molecule has 4 nitrogen and oxygen atoms in total.